The quantitative estimate of drug-likeness (QED) is 0.791. The van der Waals surface area contributed by atoms with Gasteiger partial charge in [0.25, 0.3) is 0 Å². The van der Waals surface area contributed by atoms with E-state index in [0.717, 1.165) is 12.8 Å². The number of hydrogen-bond acceptors (Lipinski definition) is 3. The number of amides is 2. The molecule has 0 aromatic carbocycles. The standard InChI is InChI=1S/C16H30N2O3S/c1-14-7-11-22(20,21)12-10-18(14)15(19)17-13-16(2)8-5-3-4-6-9-16/h14H,3-13H2,1-2H3,(H,17,19)/t14-/m1/s1. The van der Waals surface area contributed by atoms with Crippen molar-refractivity contribution < 1.29 is 13.2 Å². The Bertz CT molecular complexity index is 482. The average Bonchev–Trinajstić information content (AvgIpc) is 2.75. The third-order valence-electron chi connectivity index (χ3n) is 5.26. The molecule has 5 nitrogen and oxygen atoms in total. The SMILES string of the molecule is C[C@@H]1CCS(=O)(=O)CCN1C(=O)NCC1(C)CCCCCC1. The topological polar surface area (TPSA) is 66.5 Å². The van der Waals surface area contributed by atoms with Gasteiger partial charge in [-0.15, -0.1) is 0 Å². The van der Waals surface area contributed by atoms with Crippen molar-refractivity contribution in [3.8, 4) is 0 Å². The van der Waals surface area contributed by atoms with Crippen LogP contribution in [0, 0.1) is 5.41 Å². The Labute approximate surface area is 134 Å². The minimum atomic E-state index is -2.99. The molecular formula is C16H30N2O3S. The van der Waals surface area contributed by atoms with Gasteiger partial charge in [-0.05, 0) is 31.6 Å². The Morgan fingerprint density at radius 2 is 1.82 bits per heavy atom. The lowest BCUT2D eigenvalue weighted by molar-refractivity contribution is 0.173. The number of urea groups is 1. The van der Waals surface area contributed by atoms with Crippen molar-refractivity contribution in [3.05, 3.63) is 0 Å². The number of hydrogen-bond donors (Lipinski definition) is 1. The number of sulfone groups is 1. The lowest BCUT2D eigenvalue weighted by atomic mass is 9.82. The van der Waals surface area contributed by atoms with Gasteiger partial charge in [0.05, 0.1) is 11.5 Å². The van der Waals surface area contributed by atoms with Crippen molar-refractivity contribution in [2.24, 2.45) is 5.41 Å². The highest BCUT2D eigenvalue weighted by molar-refractivity contribution is 7.91. The van der Waals surface area contributed by atoms with Gasteiger partial charge in [0, 0.05) is 19.1 Å². The van der Waals surface area contributed by atoms with Gasteiger partial charge in [0.15, 0.2) is 9.84 Å². The maximum atomic E-state index is 12.5. The Morgan fingerprint density at radius 1 is 1.18 bits per heavy atom. The van der Waals surface area contributed by atoms with E-state index in [0.29, 0.717) is 19.5 Å². The molecule has 22 heavy (non-hydrogen) atoms. The zero-order chi connectivity index (χ0) is 16.2. The average molecular weight is 330 g/mol. The van der Waals surface area contributed by atoms with E-state index in [-0.39, 0.29) is 29.0 Å². The fraction of sp³-hybridized carbons (Fsp3) is 0.938. The highest BCUT2D eigenvalue weighted by Crippen LogP contribution is 2.33. The summed E-state index contributed by atoms with van der Waals surface area (Å²) in [5, 5.41) is 3.07. The van der Waals surface area contributed by atoms with Crippen LogP contribution in [0.1, 0.15) is 58.8 Å². The van der Waals surface area contributed by atoms with Crippen molar-refractivity contribution in [2.75, 3.05) is 24.6 Å². The molecule has 2 fully saturated rings. The molecule has 0 radical (unpaired) electrons. The Morgan fingerprint density at radius 3 is 2.45 bits per heavy atom. The van der Waals surface area contributed by atoms with Crippen LogP contribution < -0.4 is 5.32 Å². The Hall–Kier alpha value is -0.780. The van der Waals surface area contributed by atoms with Gasteiger partial charge in [-0.2, -0.15) is 0 Å². The molecule has 1 saturated heterocycles. The van der Waals surface area contributed by atoms with Crippen LogP contribution >= 0.6 is 0 Å². The predicted molar refractivity (Wildman–Crippen MR) is 88.6 cm³/mol. The van der Waals surface area contributed by atoms with Crippen LogP contribution in [0.3, 0.4) is 0 Å². The zero-order valence-electron chi connectivity index (χ0n) is 13.9. The highest BCUT2D eigenvalue weighted by Gasteiger charge is 2.30. The maximum Gasteiger partial charge on any atom is 0.317 e. The van der Waals surface area contributed by atoms with Crippen molar-refractivity contribution in [2.45, 2.75) is 64.8 Å². The van der Waals surface area contributed by atoms with Gasteiger partial charge < -0.3 is 10.2 Å². The van der Waals surface area contributed by atoms with Gasteiger partial charge in [0.1, 0.15) is 0 Å². The second-order valence-corrected chi connectivity index (χ2v) is 9.67. The molecule has 0 bridgehead atoms. The summed E-state index contributed by atoms with van der Waals surface area (Å²) in [5.74, 6) is 0.275. The fourth-order valence-electron chi connectivity index (χ4n) is 3.52. The smallest absolute Gasteiger partial charge is 0.317 e. The first-order valence-electron chi connectivity index (χ1n) is 8.56. The molecule has 2 aliphatic rings. The molecule has 1 aliphatic heterocycles. The lowest BCUT2D eigenvalue weighted by Crippen LogP contribution is -2.48. The molecule has 1 heterocycles. The first-order chi connectivity index (χ1) is 10.3. The highest BCUT2D eigenvalue weighted by atomic mass is 32.2. The molecular weight excluding hydrogens is 300 g/mol. The van der Waals surface area contributed by atoms with E-state index in [1.165, 1.54) is 25.7 Å². The summed E-state index contributed by atoms with van der Waals surface area (Å²) in [4.78, 5) is 14.2. The summed E-state index contributed by atoms with van der Waals surface area (Å²) in [6.07, 6.45) is 7.94. The Balaban J connectivity index is 1.90. The minimum Gasteiger partial charge on any atom is -0.337 e. The van der Waals surface area contributed by atoms with Gasteiger partial charge >= 0.3 is 6.03 Å². The van der Waals surface area contributed by atoms with E-state index in [2.05, 4.69) is 12.2 Å². The van der Waals surface area contributed by atoms with Crippen LogP contribution in [-0.2, 0) is 9.84 Å². The normalized spacial score (nSPS) is 28.5. The molecule has 0 spiro atoms. The number of rotatable bonds is 2. The molecule has 2 amide bonds. The van der Waals surface area contributed by atoms with E-state index in [1.807, 2.05) is 6.92 Å². The molecule has 1 N–H and O–H groups in total. The Kier molecular flexibility index (Phi) is 5.75. The van der Waals surface area contributed by atoms with E-state index in [1.54, 1.807) is 4.90 Å². The molecule has 1 aliphatic carbocycles. The van der Waals surface area contributed by atoms with Crippen LogP contribution in [0.2, 0.25) is 0 Å². The minimum absolute atomic E-state index is 0.0146. The number of carbonyl (C=O) groups is 1. The van der Waals surface area contributed by atoms with Gasteiger partial charge in [-0.3, -0.25) is 0 Å². The van der Waals surface area contributed by atoms with E-state index < -0.39 is 9.84 Å². The van der Waals surface area contributed by atoms with Crippen molar-refractivity contribution in [3.63, 3.8) is 0 Å². The van der Waals surface area contributed by atoms with E-state index in [4.69, 9.17) is 0 Å². The van der Waals surface area contributed by atoms with Crippen molar-refractivity contribution in [1.29, 1.82) is 0 Å². The summed E-state index contributed by atoms with van der Waals surface area (Å²) < 4.78 is 23.4. The molecule has 0 aromatic rings. The van der Waals surface area contributed by atoms with E-state index in [9.17, 15) is 13.2 Å². The fourth-order valence-corrected chi connectivity index (χ4v) is 4.90. The summed E-state index contributed by atoms with van der Waals surface area (Å²) in [6, 6.07) is -0.116. The van der Waals surface area contributed by atoms with Crippen LogP contribution in [0.4, 0.5) is 4.79 Å². The van der Waals surface area contributed by atoms with Crippen LogP contribution in [0.15, 0.2) is 0 Å². The molecule has 0 aromatic heterocycles. The molecule has 2 rings (SSSR count). The molecule has 6 heteroatoms. The molecule has 0 unspecified atom stereocenters. The van der Waals surface area contributed by atoms with Gasteiger partial charge in [-0.25, -0.2) is 13.2 Å². The monoisotopic (exact) mass is 330 g/mol. The lowest BCUT2D eigenvalue weighted by Gasteiger charge is -2.32. The summed E-state index contributed by atoms with van der Waals surface area (Å²) >= 11 is 0. The molecule has 1 saturated carbocycles. The van der Waals surface area contributed by atoms with Crippen LogP contribution in [0.5, 0.6) is 0 Å². The first-order valence-corrected chi connectivity index (χ1v) is 10.4. The van der Waals surface area contributed by atoms with Crippen LogP contribution in [0.25, 0.3) is 0 Å². The third-order valence-corrected chi connectivity index (χ3v) is 6.92. The molecule has 128 valence electrons. The number of carbonyl (C=O) groups excluding carboxylic acids is 1. The van der Waals surface area contributed by atoms with Crippen LogP contribution in [-0.4, -0.2) is 50.0 Å². The maximum absolute atomic E-state index is 12.5. The van der Waals surface area contributed by atoms with Gasteiger partial charge in [0.2, 0.25) is 0 Å². The second kappa shape index (κ2) is 7.20. The molecule has 1 atom stereocenters. The number of nitrogens with zero attached hydrogens (tertiary/aromatic N) is 1. The first kappa shape index (κ1) is 17.6. The van der Waals surface area contributed by atoms with E-state index >= 15 is 0 Å². The largest absolute Gasteiger partial charge is 0.337 e. The summed E-state index contributed by atoms with van der Waals surface area (Å²) in [5.41, 5.74) is 0.188. The third kappa shape index (κ3) is 4.86. The van der Waals surface area contributed by atoms with Crippen molar-refractivity contribution >= 4 is 15.9 Å². The van der Waals surface area contributed by atoms with Crippen molar-refractivity contribution in [1.82, 2.24) is 10.2 Å². The summed E-state index contributed by atoms with van der Waals surface area (Å²) in [6.45, 7) is 5.20. The summed E-state index contributed by atoms with van der Waals surface area (Å²) in [7, 11) is -2.99. The second-order valence-electron chi connectivity index (χ2n) is 7.37. The number of nitrogens with one attached hydrogen (secondary N) is 1. The predicted octanol–water partition coefficient (Wildman–Crippen LogP) is 2.57. The van der Waals surface area contributed by atoms with Gasteiger partial charge in [-0.1, -0.05) is 32.6 Å². The zero-order valence-corrected chi connectivity index (χ0v) is 14.8.